The number of nitrogens with zero attached hydrogens (tertiary/aromatic N) is 2. The third kappa shape index (κ3) is 3.09. The van der Waals surface area contributed by atoms with Gasteiger partial charge in [-0.3, -0.25) is 0 Å². The van der Waals surface area contributed by atoms with Crippen LogP contribution in [0.1, 0.15) is 44.0 Å². The number of hydrogen-bond donors (Lipinski definition) is 1. The van der Waals surface area contributed by atoms with E-state index in [-0.39, 0.29) is 17.7 Å². The van der Waals surface area contributed by atoms with E-state index >= 15 is 0 Å². The Morgan fingerprint density at radius 1 is 1.33 bits per heavy atom. The number of aromatic nitrogens is 2. The summed E-state index contributed by atoms with van der Waals surface area (Å²) in [6, 6.07) is 4.57. The van der Waals surface area contributed by atoms with E-state index in [1.165, 1.54) is 6.07 Å². The lowest BCUT2D eigenvalue weighted by Crippen LogP contribution is -2.34. The van der Waals surface area contributed by atoms with Crippen molar-refractivity contribution in [2.45, 2.75) is 38.5 Å². The molecule has 1 aromatic heterocycles. The molecule has 0 unspecified atom stereocenters. The van der Waals surface area contributed by atoms with E-state index in [0.29, 0.717) is 28.8 Å². The zero-order valence-corrected chi connectivity index (χ0v) is 13.0. The molecule has 0 saturated carbocycles. The minimum atomic E-state index is -0.370. The Bertz CT molecular complexity index is 582. The molecule has 0 spiro atoms. The summed E-state index contributed by atoms with van der Waals surface area (Å²) in [6.45, 7) is 4.50. The lowest BCUT2D eigenvalue weighted by molar-refractivity contribution is 0.266. The van der Waals surface area contributed by atoms with Crippen LogP contribution in [0.3, 0.4) is 0 Å². The van der Waals surface area contributed by atoms with Gasteiger partial charge < -0.3 is 10.3 Å². The maximum Gasteiger partial charge on any atom is 0.234 e. The lowest BCUT2D eigenvalue weighted by atomic mass is 9.82. The van der Waals surface area contributed by atoms with Crippen molar-refractivity contribution in [1.29, 1.82) is 0 Å². The first-order valence-corrected chi connectivity index (χ1v) is 7.40. The highest BCUT2D eigenvalue weighted by molar-refractivity contribution is 6.31. The summed E-state index contributed by atoms with van der Waals surface area (Å²) in [5.74, 6) is 0.555. The maximum absolute atomic E-state index is 13.8. The van der Waals surface area contributed by atoms with Gasteiger partial charge in [0.05, 0.1) is 5.41 Å². The predicted octanol–water partition coefficient (Wildman–Crippen LogP) is 3.47. The van der Waals surface area contributed by atoms with Gasteiger partial charge in [0.25, 0.3) is 0 Å². The summed E-state index contributed by atoms with van der Waals surface area (Å²) in [5, 5.41) is 4.30. The summed E-state index contributed by atoms with van der Waals surface area (Å²) in [6.07, 6.45) is 1.81. The fourth-order valence-corrected chi connectivity index (χ4v) is 2.56. The van der Waals surface area contributed by atoms with Crippen LogP contribution >= 0.6 is 11.6 Å². The van der Waals surface area contributed by atoms with E-state index in [1.54, 1.807) is 12.1 Å². The van der Waals surface area contributed by atoms with Crippen LogP contribution in [0.2, 0.25) is 5.02 Å². The van der Waals surface area contributed by atoms with Crippen molar-refractivity contribution in [3.63, 3.8) is 0 Å². The standard InChI is InChI=1S/C15H19ClFN3O/c1-3-15(4-2,9-18)14-19-13(20-21-14)8-10-11(16)6-5-7-12(10)17/h5-7H,3-4,8-9,18H2,1-2H3. The Morgan fingerprint density at radius 2 is 2.05 bits per heavy atom. The Kier molecular flexibility index (Phi) is 4.96. The molecule has 6 heteroatoms. The fourth-order valence-electron chi connectivity index (χ4n) is 2.33. The zero-order valence-electron chi connectivity index (χ0n) is 12.2. The van der Waals surface area contributed by atoms with Crippen LogP contribution in [0.15, 0.2) is 22.7 Å². The Hall–Kier alpha value is -1.46. The van der Waals surface area contributed by atoms with Crippen LogP contribution in [0, 0.1) is 5.82 Å². The molecule has 0 bridgehead atoms. The molecule has 0 amide bonds. The van der Waals surface area contributed by atoms with E-state index in [9.17, 15) is 4.39 Å². The van der Waals surface area contributed by atoms with Gasteiger partial charge >= 0.3 is 0 Å². The van der Waals surface area contributed by atoms with Gasteiger partial charge in [-0.2, -0.15) is 4.98 Å². The predicted molar refractivity (Wildman–Crippen MR) is 79.8 cm³/mol. The first-order valence-electron chi connectivity index (χ1n) is 7.02. The highest BCUT2D eigenvalue weighted by Gasteiger charge is 2.33. The van der Waals surface area contributed by atoms with Gasteiger partial charge in [-0.05, 0) is 25.0 Å². The van der Waals surface area contributed by atoms with Crippen molar-refractivity contribution in [2.24, 2.45) is 5.73 Å². The van der Waals surface area contributed by atoms with Gasteiger partial charge in [0.15, 0.2) is 5.82 Å². The Morgan fingerprint density at radius 3 is 2.62 bits per heavy atom. The van der Waals surface area contributed by atoms with Crippen LogP contribution in [0.5, 0.6) is 0 Å². The zero-order chi connectivity index (χ0) is 15.5. The van der Waals surface area contributed by atoms with E-state index in [0.717, 1.165) is 12.8 Å². The number of hydrogen-bond acceptors (Lipinski definition) is 4. The lowest BCUT2D eigenvalue weighted by Gasteiger charge is -2.24. The summed E-state index contributed by atoms with van der Waals surface area (Å²) in [7, 11) is 0. The normalized spacial score (nSPS) is 11.9. The van der Waals surface area contributed by atoms with Gasteiger partial charge in [0.2, 0.25) is 5.89 Å². The average Bonchev–Trinajstić information content (AvgIpc) is 2.95. The first kappa shape index (κ1) is 15.9. The fraction of sp³-hybridized carbons (Fsp3) is 0.467. The molecule has 21 heavy (non-hydrogen) atoms. The van der Waals surface area contributed by atoms with E-state index in [2.05, 4.69) is 10.1 Å². The van der Waals surface area contributed by atoms with Gasteiger partial charge in [0, 0.05) is 23.6 Å². The molecule has 0 aliphatic heterocycles. The molecule has 0 atom stereocenters. The number of nitrogens with two attached hydrogens (primary N) is 1. The monoisotopic (exact) mass is 311 g/mol. The molecule has 0 aliphatic rings. The molecular formula is C15H19ClFN3O. The van der Waals surface area contributed by atoms with Gasteiger partial charge in [-0.1, -0.05) is 36.7 Å². The van der Waals surface area contributed by atoms with Crippen molar-refractivity contribution in [1.82, 2.24) is 10.1 Å². The summed E-state index contributed by atoms with van der Waals surface area (Å²) in [5.41, 5.74) is 5.92. The molecule has 4 nitrogen and oxygen atoms in total. The summed E-state index contributed by atoms with van der Waals surface area (Å²) in [4.78, 5) is 4.39. The third-order valence-corrected chi connectivity index (χ3v) is 4.42. The van der Waals surface area contributed by atoms with Crippen molar-refractivity contribution in [3.05, 3.63) is 46.3 Å². The van der Waals surface area contributed by atoms with Crippen molar-refractivity contribution >= 4 is 11.6 Å². The van der Waals surface area contributed by atoms with Gasteiger partial charge in [-0.25, -0.2) is 4.39 Å². The van der Waals surface area contributed by atoms with Gasteiger partial charge in [-0.15, -0.1) is 0 Å². The van der Waals surface area contributed by atoms with Crippen LogP contribution in [-0.4, -0.2) is 16.7 Å². The highest BCUT2D eigenvalue weighted by atomic mass is 35.5. The topological polar surface area (TPSA) is 64.9 Å². The van der Waals surface area contributed by atoms with E-state index in [4.69, 9.17) is 21.9 Å². The molecular weight excluding hydrogens is 293 g/mol. The molecule has 2 rings (SSSR count). The van der Waals surface area contributed by atoms with Crippen molar-refractivity contribution < 1.29 is 8.91 Å². The molecule has 1 aromatic carbocycles. The summed E-state index contributed by atoms with van der Waals surface area (Å²) < 4.78 is 19.1. The van der Waals surface area contributed by atoms with Crippen LogP contribution < -0.4 is 5.73 Å². The molecule has 0 radical (unpaired) electrons. The van der Waals surface area contributed by atoms with Gasteiger partial charge in [0.1, 0.15) is 5.82 Å². The second-order valence-corrected chi connectivity index (χ2v) is 5.49. The van der Waals surface area contributed by atoms with Crippen LogP contribution in [0.25, 0.3) is 0 Å². The minimum absolute atomic E-state index is 0.198. The minimum Gasteiger partial charge on any atom is -0.339 e. The van der Waals surface area contributed by atoms with Crippen LogP contribution in [-0.2, 0) is 11.8 Å². The molecule has 0 fully saturated rings. The summed E-state index contributed by atoms with van der Waals surface area (Å²) >= 11 is 6.01. The molecule has 0 aliphatic carbocycles. The number of rotatable bonds is 6. The SMILES string of the molecule is CCC(CC)(CN)c1nc(Cc2c(F)cccc2Cl)no1. The second kappa shape index (κ2) is 6.54. The van der Waals surface area contributed by atoms with Crippen molar-refractivity contribution in [2.75, 3.05) is 6.54 Å². The first-order chi connectivity index (χ1) is 10.1. The third-order valence-electron chi connectivity index (χ3n) is 4.06. The molecule has 114 valence electrons. The van der Waals surface area contributed by atoms with E-state index < -0.39 is 0 Å². The van der Waals surface area contributed by atoms with Crippen molar-refractivity contribution in [3.8, 4) is 0 Å². The maximum atomic E-state index is 13.8. The molecule has 2 N–H and O–H groups in total. The molecule has 0 saturated heterocycles. The number of benzene rings is 1. The smallest absolute Gasteiger partial charge is 0.234 e. The average molecular weight is 312 g/mol. The Labute approximate surface area is 128 Å². The molecule has 2 aromatic rings. The van der Waals surface area contributed by atoms with Crippen LogP contribution in [0.4, 0.5) is 4.39 Å². The number of halogens is 2. The highest BCUT2D eigenvalue weighted by Crippen LogP contribution is 2.30. The largest absolute Gasteiger partial charge is 0.339 e. The quantitative estimate of drug-likeness (QED) is 0.887. The second-order valence-electron chi connectivity index (χ2n) is 5.08. The Balaban J connectivity index is 2.29. The van der Waals surface area contributed by atoms with E-state index in [1.807, 2.05) is 13.8 Å². The molecule has 1 heterocycles.